The standard InChI is InChI=1S/C45H40BrN3O4S/c46-38-24-16-32(17-25-38)30-45(44(51)49-47-31-37-12-7-8-15-41(37)54-40-13-5-2-6-14-40)42(35-20-18-34(19-21-35)33-10-3-1-4-11-33)53-43(48-45)36-22-26-39(27-23-36)52-29-9-28-50/h1-8,10-27,42,47,50H,9,28-31H2,(H,49,51)/t42-,45-/m0/s1. The van der Waals surface area contributed by atoms with E-state index in [2.05, 4.69) is 75.3 Å². The molecule has 7 nitrogen and oxygen atoms in total. The molecular weight excluding hydrogens is 758 g/mol. The number of aliphatic hydroxyl groups excluding tert-OH is 1. The maximum Gasteiger partial charge on any atom is 0.266 e. The van der Waals surface area contributed by atoms with Gasteiger partial charge in [-0.15, -0.1) is 0 Å². The molecule has 0 radical (unpaired) electrons. The van der Waals surface area contributed by atoms with Crippen molar-refractivity contribution in [1.29, 1.82) is 0 Å². The summed E-state index contributed by atoms with van der Waals surface area (Å²) in [4.78, 5) is 22.3. The number of ether oxygens (including phenoxy) is 2. The summed E-state index contributed by atoms with van der Waals surface area (Å²) in [6.45, 7) is 0.877. The van der Waals surface area contributed by atoms with Crippen LogP contribution in [0.5, 0.6) is 5.75 Å². The number of amides is 1. The van der Waals surface area contributed by atoms with E-state index in [-0.39, 0.29) is 18.9 Å². The Balaban J connectivity index is 1.22. The second-order valence-electron chi connectivity index (χ2n) is 12.9. The summed E-state index contributed by atoms with van der Waals surface area (Å²) in [6.07, 6.45) is 0.0799. The molecule has 0 spiro atoms. The number of carbonyl (C=O) groups excluding carboxylic acids is 1. The normalized spacial score (nSPS) is 16.3. The third-order valence-corrected chi connectivity index (χ3v) is 10.8. The van der Waals surface area contributed by atoms with E-state index in [0.29, 0.717) is 31.2 Å². The summed E-state index contributed by atoms with van der Waals surface area (Å²) in [5.74, 6) is 0.730. The van der Waals surface area contributed by atoms with Gasteiger partial charge in [-0.25, -0.2) is 10.4 Å². The Morgan fingerprint density at radius 2 is 1.43 bits per heavy atom. The number of halogens is 1. The van der Waals surface area contributed by atoms with Crippen LogP contribution in [-0.2, 0) is 22.5 Å². The van der Waals surface area contributed by atoms with Crippen LogP contribution in [0.15, 0.2) is 177 Å². The Hall–Kier alpha value is -5.19. The first-order valence-electron chi connectivity index (χ1n) is 17.9. The molecule has 9 heteroatoms. The molecule has 54 heavy (non-hydrogen) atoms. The Morgan fingerprint density at radius 3 is 2.15 bits per heavy atom. The Morgan fingerprint density at radius 1 is 0.778 bits per heavy atom. The fourth-order valence-electron chi connectivity index (χ4n) is 6.37. The maximum atomic E-state index is 14.8. The smallest absolute Gasteiger partial charge is 0.266 e. The third-order valence-electron chi connectivity index (χ3n) is 9.16. The largest absolute Gasteiger partial charge is 0.494 e. The zero-order valence-electron chi connectivity index (χ0n) is 29.5. The lowest BCUT2D eigenvalue weighted by atomic mass is 9.82. The monoisotopic (exact) mass is 797 g/mol. The molecule has 272 valence electrons. The van der Waals surface area contributed by atoms with E-state index in [1.54, 1.807) is 11.8 Å². The molecule has 0 aromatic heterocycles. The van der Waals surface area contributed by atoms with Gasteiger partial charge in [0.15, 0.2) is 11.6 Å². The van der Waals surface area contributed by atoms with Gasteiger partial charge in [-0.05, 0) is 82.4 Å². The fourth-order valence-corrected chi connectivity index (χ4v) is 7.60. The van der Waals surface area contributed by atoms with Gasteiger partial charge >= 0.3 is 0 Å². The van der Waals surface area contributed by atoms with Crippen molar-refractivity contribution in [3.8, 4) is 16.9 Å². The summed E-state index contributed by atoms with van der Waals surface area (Å²) >= 11 is 5.24. The zero-order valence-corrected chi connectivity index (χ0v) is 31.9. The number of hydrazine groups is 1. The number of aliphatic hydroxyl groups is 1. The van der Waals surface area contributed by atoms with E-state index in [1.807, 2.05) is 109 Å². The minimum atomic E-state index is -1.38. The molecule has 6 aromatic rings. The highest BCUT2D eigenvalue weighted by atomic mass is 79.9. The van der Waals surface area contributed by atoms with Crippen molar-refractivity contribution in [3.63, 3.8) is 0 Å². The van der Waals surface area contributed by atoms with Crippen LogP contribution in [0, 0.1) is 0 Å². The van der Waals surface area contributed by atoms with Crippen molar-refractivity contribution in [3.05, 3.63) is 184 Å². The van der Waals surface area contributed by atoms with Gasteiger partial charge in [0.1, 0.15) is 5.75 Å². The molecule has 0 bridgehead atoms. The van der Waals surface area contributed by atoms with Gasteiger partial charge in [0.2, 0.25) is 5.90 Å². The summed E-state index contributed by atoms with van der Waals surface area (Å²) < 4.78 is 13.5. The molecule has 1 aliphatic rings. The number of hydrogen-bond acceptors (Lipinski definition) is 7. The van der Waals surface area contributed by atoms with Crippen LogP contribution < -0.4 is 15.6 Å². The molecule has 0 aliphatic carbocycles. The minimum absolute atomic E-state index is 0.0625. The van der Waals surface area contributed by atoms with Crippen LogP contribution in [0.4, 0.5) is 0 Å². The SMILES string of the molecule is O=C(NNCc1ccccc1Sc1ccccc1)[C@@]1(Cc2ccc(Br)cc2)N=C(c2ccc(OCCCO)cc2)O[C@H]1c1ccc(-c2ccccc2)cc1. The molecule has 7 rings (SSSR count). The number of nitrogens with zero attached hydrogens (tertiary/aromatic N) is 1. The van der Waals surface area contributed by atoms with Crippen LogP contribution in [-0.4, -0.2) is 35.7 Å². The molecule has 6 aromatic carbocycles. The zero-order chi connectivity index (χ0) is 37.2. The molecule has 0 saturated heterocycles. The van der Waals surface area contributed by atoms with E-state index in [0.717, 1.165) is 47.6 Å². The molecule has 3 N–H and O–H groups in total. The minimum Gasteiger partial charge on any atom is -0.494 e. The first-order chi connectivity index (χ1) is 26.5. The number of carbonyl (C=O) groups is 1. The van der Waals surface area contributed by atoms with E-state index in [1.165, 1.54) is 0 Å². The molecule has 1 heterocycles. The highest BCUT2D eigenvalue weighted by molar-refractivity contribution is 9.10. The van der Waals surface area contributed by atoms with Crippen LogP contribution in [0.25, 0.3) is 11.1 Å². The first-order valence-corrected chi connectivity index (χ1v) is 19.5. The highest BCUT2D eigenvalue weighted by Crippen LogP contribution is 2.43. The molecule has 1 amide bonds. The van der Waals surface area contributed by atoms with E-state index >= 15 is 0 Å². The van der Waals surface area contributed by atoms with Crippen molar-refractivity contribution >= 4 is 39.5 Å². The van der Waals surface area contributed by atoms with Gasteiger partial charge in [0, 0.05) is 45.8 Å². The van der Waals surface area contributed by atoms with Crippen LogP contribution >= 0.6 is 27.7 Å². The lowest BCUT2D eigenvalue weighted by molar-refractivity contribution is -0.130. The van der Waals surface area contributed by atoms with E-state index in [9.17, 15) is 4.79 Å². The Kier molecular flexibility index (Phi) is 12.2. The molecule has 0 unspecified atom stereocenters. The maximum absolute atomic E-state index is 14.8. The second kappa shape index (κ2) is 17.8. The fraction of sp³-hybridized carbons (Fsp3) is 0.156. The van der Waals surface area contributed by atoms with Gasteiger partial charge < -0.3 is 14.6 Å². The van der Waals surface area contributed by atoms with E-state index < -0.39 is 11.6 Å². The summed E-state index contributed by atoms with van der Waals surface area (Å²) in [5.41, 5.74) is 10.6. The number of aliphatic imine (C=N–C) groups is 1. The quantitative estimate of drug-likeness (QED) is 0.0709. The van der Waals surface area contributed by atoms with Gasteiger partial charge in [0.05, 0.1) is 6.61 Å². The number of benzene rings is 6. The van der Waals surface area contributed by atoms with Crippen molar-refractivity contribution in [2.45, 2.75) is 40.8 Å². The van der Waals surface area contributed by atoms with Crippen molar-refractivity contribution in [2.24, 2.45) is 4.99 Å². The molecule has 0 fully saturated rings. The average Bonchev–Trinajstić information content (AvgIpc) is 3.61. The summed E-state index contributed by atoms with van der Waals surface area (Å²) in [5, 5.41) is 9.16. The number of rotatable bonds is 15. The second-order valence-corrected chi connectivity index (χ2v) is 14.9. The molecular formula is C45H40BrN3O4S. The lowest BCUT2D eigenvalue weighted by Gasteiger charge is -2.31. The van der Waals surface area contributed by atoms with Crippen molar-refractivity contribution in [1.82, 2.24) is 10.9 Å². The first kappa shape index (κ1) is 37.1. The predicted octanol–water partition coefficient (Wildman–Crippen LogP) is 9.35. The third kappa shape index (κ3) is 8.94. The van der Waals surface area contributed by atoms with Gasteiger partial charge in [-0.2, -0.15) is 0 Å². The highest BCUT2D eigenvalue weighted by Gasteiger charge is 2.53. The summed E-state index contributed by atoms with van der Waals surface area (Å²) in [7, 11) is 0. The van der Waals surface area contributed by atoms with Crippen LogP contribution in [0.1, 0.15) is 34.8 Å². The van der Waals surface area contributed by atoms with Gasteiger partial charge in [0.25, 0.3) is 5.91 Å². The molecule has 0 saturated carbocycles. The number of nitrogens with one attached hydrogen (secondary N) is 2. The predicted molar refractivity (Wildman–Crippen MR) is 218 cm³/mol. The molecule has 1 aliphatic heterocycles. The summed E-state index contributed by atoms with van der Waals surface area (Å²) in [6, 6.07) is 52.2. The molecule has 2 atom stereocenters. The average molecular weight is 799 g/mol. The van der Waals surface area contributed by atoms with Crippen molar-refractivity contribution < 1.29 is 19.4 Å². The Bertz CT molecular complexity index is 2170. The topological polar surface area (TPSA) is 92.2 Å². The van der Waals surface area contributed by atoms with Gasteiger partial charge in [-0.1, -0.05) is 131 Å². The number of hydrogen-bond donors (Lipinski definition) is 3. The van der Waals surface area contributed by atoms with E-state index in [4.69, 9.17) is 19.6 Å². The van der Waals surface area contributed by atoms with Crippen LogP contribution in [0.2, 0.25) is 0 Å². The lowest BCUT2D eigenvalue weighted by Crippen LogP contribution is -2.53. The van der Waals surface area contributed by atoms with Crippen molar-refractivity contribution in [2.75, 3.05) is 13.2 Å². The Labute approximate surface area is 328 Å². The van der Waals surface area contributed by atoms with Gasteiger partial charge in [-0.3, -0.25) is 10.2 Å². The van der Waals surface area contributed by atoms with Crippen LogP contribution in [0.3, 0.4) is 0 Å².